The quantitative estimate of drug-likeness (QED) is 0.509. The van der Waals surface area contributed by atoms with Crippen LogP contribution in [0.25, 0.3) is 0 Å². The molecule has 0 aliphatic heterocycles. The Morgan fingerprint density at radius 1 is 1.47 bits per heavy atom. The standard InChI is InChI=1S/C14H22O/c1-4-11-12-6-5-7-14(12,8-9-15)10-13(11,2)3/h4,9,11-12H,1,5-8,10H2,2-3H3/t11-,12+,14+/m1/s1. The second-order valence-corrected chi connectivity index (χ2v) is 6.16. The van der Waals surface area contributed by atoms with E-state index in [0.29, 0.717) is 16.7 Å². The van der Waals surface area contributed by atoms with E-state index in [1.807, 2.05) is 0 Å². The van der Waals surface area contributed by atoms with Gasteiger partial charge < -0.3 is 4.79 Å². The molecular formula is C14H22O. The molecule has 0 amide bonds. The van der Waals surface area contributed by atoms with E-state index in [-0.39, 0.29) is 0 Å². The summed E-state index contributed by atoms with van der Waals surface area (Å²) in [6, 6.07) is 0. The molecule has 0 aromatic carbocycles. The molecule has 2 aliphatic carbocycles. The molecule has 2 saturated carbocycles. The highest BCUT2D eigenvalue weighted by atomic mass is 16.1. The molecule has 0 unspecified atom stereocenters. The van der Waals surface area contributed by atoms with Gasteiger partial charge in [0, 0.05) is 6.42 Å². The normalized spacial score (nSPS) is 42.5. The van der Waals surface area contributed by atoms with Gasteiger partial charge >= 0.3 is 0 Å². The third kappa shape index (κ3) is 1.47. The van der Waals surface area contributed by atoms with Gasteiger partial charge in [-0.3, -0.25) is 0 Å². The monoisotopic (exact) mass is 206 g/mol. The first-order valence-electron chi connectivity index (χ1n) is 6.12. The van der Waals surface area contributed by atoms with Crippen molar-refractivity contribution in [3.8, 4) is 0 Å². The predicted molar refractivity (Wildman–Crippen MR) is 62.5 cm³/mol. The first-order chi connectivity index (χ1) is 7.06. The van der Waals surface area contributed by atoms with E-state index in [0.717, 1.165) is 18.6 Å². The highest BCUT2D eigenvalue weighted by Gasteiger charge is 2.57. The molecule has 3 atom stereocenters. The Morgan fingerprint density at radius 3 is 2.80 bits per heavy atom. The Labute approximate surface area is 92.9 Å². The maximum atomic E-state index is 10.9. The van der Waals surface area contributed by atoms with Gasteiger partial charge in [-0.05, 0) is 41.9 Å². The number of carbonyl (C=O) groups is 1. The molecular weight excluding hydrogens is 184 g/mol. The van der Waals surface area contributed by atoms with Crippen molar-refractivity contribution in [1.82, 2.24) is 0 Å². The Bertz CT molecular complexity index is 279. The van der Waals surface area contributed by atoms with Crippen LogP contribution in [0, 0.1) is 22.7 Å². The molecule has 1 nitrogen and oxygen atoms in total. The number of rotatable bonds is 3. The number of hydrogen-bond donors (Lipinski definition) is 0. The summed E-state index contributed by atoms with van der Waals surface area (Å²) >= 11 is 0. The number of hydrogen-bond acceptors (Lipinski definition) is 1. The van der Waals surface area contributed by atoms with Crippen LogP contribution in [-0.4, -0.2) is 6.29 Å². The average Bonchev–Trinajstić information content (AvgIpc) is 2.57. The van der Waals surface area contributed by atoms with Crippen LogP contribution in [0.15, 0.2) is 12.7 Å². The molecule has 2 fully saturated rings. The van der Waals surface area contributed by atoms with Gasteiger partial charge in [-0.2, -0.15) is 0 Å². The second kappa shape index (κ2) is 3.47. The fraction of sp³-hybridized carbons (Fsp3) is 0.786. The van der Waals surface area contributed by atoms with Crippen molar-refractivity contribution < 1.29 is 4.79 Å². The molecule has 0 spiro atoms. The van der Waals surface area contributed by atoms with E-state index in [2.05, 4.69) is 26.5 Å². The first kappa shape index (κ1) is 10.9. The van der Waals surface area contributed by atoms with Crippen molar-refractivity contribution in [3.05, 3.63) is 12.7 Å². The van der Waals surface area contributed by atoms with Crippen LogP contribution < -0.4 is 0 Å². The van der Waals surface area contributed by atoms with Crippen LogP contribution in [0.5, 0.6) is 0 Å². The number of fused-ring (bicyclic) bond motifs is 1. The molecule has 84 valence electrons. The fourth-order valence-electron chi connectivity index (χ4n) is 4.49. The van der Waals surface area contributed by atoms with Crippen molar-refractivity contribution in [2.45, 2.75) is 46.0 Å². The van der Waals surface area contributed by atoms with Gasteiger partial charge in [-0.25, -0.2) is 0 Å². The molecule has 2 aliphatic rings. The van der Waals surface area contributed by atoms with E-state index in [4.69, 9.17) is 0 Å². The van der Waals surface area contributed by atoms with Crippen LogP contribution in [0.4, 0.5) is 0 Å². The van der Waals surface area contributed by atoms with Crippen LogP contribution in [0.2, 0.25) is 0 Å². The summed E-state index contributed by atoms with van der Waals surface area (Å²) in [5, 5.41) is 0. The van der Waals surface area contributed by atoms with E-state index in [1.54, 1.807) is 0 Å². The third-order valence-corrected chi connectivity index (χ3v) is 4.86. The summed E-state index contributed by atoms with van der Waals surface area (Å²) in [5.41, 5.74) is 0.667. The van der Waals surface area contributed by atoms with Crippen molar-refractivity contribution in [3.63, 3.8) is 0 Å². The maximum Gasteiger partial charge on any atom is 0.120 e. The predicted octanol–water partition coefficient (Wildman–Crippen LogP) is 3.59. The largest absolute Gasteiger partial charge is 0.303 e. The van der Waals surface area contributed by atoms with E-state index in [9.17, 15) is 4.79 Å². The smallest absolute Gasteiger partial charge is 0.120 e. The van der Waals surface area contributed by atoms with Gasteiger partial charge in [-0.15, -0.1) is 6.58 Å². The van der Waals surface area contributed by atoms with Crippen LogP contribution in [-0.2, 0) is 4.79 Å². The molecule has 1 heteroatoms. The van der Waals surface area contributed by atoms with E-state index in [1.165, 1.54) is 25.7 Å². The third-order valence-electron chi connectivity index (χ3n) is 4.86. The lowest BCUT2D eigenvalue weighted by Gasteiger charge is -2.28. The van der Waals surface area contributed by atoms with Crippen LogP contribution in [0.3, 0.4) is 0 Å². The molecule has 0 heterocycles. The van der Waals surface area contributed by atoms with Gasteiger partial charge in [0.25, 0.3) is 0 Å². The summed E-state index contributed by atoms with van der Waals surface area (Å²) < 4.78 is 0. The lowest BCUT2D eigenvalue weighted by atomic mass is 9.76. The number of aldehydes is 1. The lowest BCUT2D eigenvalue weighted by Crippen LogP contribution is -2.22. The number of carbonyl (C=O) groups excluding carboxylic acids is 1. The van der Waals surface area contributed by atoms with Crippen LogP contribution in [0.1, 0.15) is 46.0 Å². The second-order valence-electron chi connectivity index (χ2n) is 6.16. The summed E-state index contributed by atoms with van der Waals surface area (Å²) in [4.78, 5) is 10.9. The zero-order valence-corrected chi connectivity index (χ0v) is 9.96. The van der Waals surface area contributed by atoms with Gasteiger partial charge in [-0.1, -0.05) is 26.3 Å². The number of allylic oxidation sites excluding steroid dienone is 1. The Morgan fingerprint density at radius 2 is 2.20 bits per heavy atom. The minimum absolute atomic E-state index is 0.324. The highest BCUT2D eigenvalue weighted by molar-refractivity contribution is 5.51. The molecule has 0 bridgehead atoms. The minimum Gasteiger partial charge on any atom is -0.303 e. The molecule has 0 N–H and O–H groups in total. The molecule has 2 rings (SSSR count). The van der Waals surface area contributed by atoms with Crippen molar-refractivity contribution >= 4 is 6.29 Å². The molecule has 0 saturated heterocycles. The summed E-state index contributed by atoms with van der Waals surface area (Å²) in [6.45, 7) is 8.68. The Balaban J connectivity index is 2.32. The Kier molecular flexibility index (Phi) is 2.52. The van der Waals surface area contributed by atoms with Gasteiger partial charge in [0.1, 0.15) is 6.29 Å². The minimum atomic E-state index is 0.324. The van der Waals surface area contributed by atoms with Gasteiger partial charge in [0.2, 0.25) is 0 Å². The zero-order valence-electron chi connectivity index (χ0n) is 9.96. The van der Waals surface area contributed by atoms with Crippen LogP contribution >= 0.6 is 0 Å². The molecule has 0 radical (unpaired) electrons. The SMILES string of the molecule is C=C[C@@H]1[C@@H]2CCC[C@]2(CC=O)CC1(C)C. The van der Waals surface area contributed by atoms with E-state index < -0.39 is 0 Å². The van der Waals surface area contributed by atoms with Crippen molar-refractivity contribution in [1.29, 1.82) is 0 Å². The van der Waals surface area contributed by atoms with E-state index >= 15 is 0 Å². The molecule has 0 aromatic rings. The Hall–Kier alpha value is -0.590. The zero-order chi connectivity index (χ0) is 11.1. The van der Waals surface area contributed by atoms with Crippen molar-refractivity contribution in [2.24, 2.45) is 22.7 Å². The lowest BCUT2D eigenvalue weighted by molar-refractivity contribution is -0.110. The first-order valence-corrected chi connectivity index (χ1v) is 6.12. The topological polar surface area (TPSA) is 17.1 Å². The maximum absolute atomic E-state index is 10.9. The molecule has 15 heavy (non-hydrogen) atoms. The average molecular weight is 206 g/mol. The molecule has 0 aromatic heterocycles. The van der Waals surface area contributed by atoms with Gasteiger partial charge in [0.05, 0.1) is 0 Å². The summed E-state index contributed by atoms with van der Waals surface area (Å²) in [6.07, 6.45) is 9.12. The highest BCUT2D eigenvalue weighted by Crippen LogP contribution is 2.65. The van der Waals surface area contributed by atoms with Crippen molar-refractivity contribution in [2.75, 3.05) is 0 Å². The van der Waals surface area contributed by atoms with Gasteiger partial charge in [0.15, 0.2) is 0 Å². The summed E-state index contributed by atoms with van der Waals surface area (Å²) in [5.74, 6) is 1.33. The summed E-state index contributed by atoms with van der Waals surface area (Å²) in [7, 11) is 0. The fourth-order valence-corrected chi connectivity index (χ4v) is 4.49.